The van der Waals surface area contributed by atoms with E-state index in [0.29, 0.717) is 13.2 Å². The Balaban J connectivity index is 3.74. The van der Waals surface area contributed by atoms with Crippen LogP contribution in [-0.2, 0) is 14.2 Å². The van der Waals surface area contributed by atoms with Gasteiger partial charge in [-0.25, -0.2) is 0 Å². The van der Waals surface area contributed by atoms with Crippen LogP contribution in [0.5, 0.6) is 0 Å². The smallest absolute Gasteiger partial charge is 0.128 e. The van der Waals surface area contributed by atoms with E-state index >= 15 is 0 Å². The zero-order chi connectivity index (χ0) is 10.1. The van der Waals surface area contributed by atoms with Crippen molar-refractivity contribution in [3.8, 4) is 0 Å². The molecule has 0 aromatic heterocycles. The number of ether oxygens (including phenoxy) is 3. The highest BCUT2D eigenvalue weighted by molar-refractivity contribution is 4.87. The van der Waals surface area contributed by atoms with Crippen LogP contribution in [0, 0.1) is 0 Å². The molecule has 0 aliphatic carbocycles. The van der Waals surface area contributed by atoms with Crippen LogP contribution in [0.25, 0.3) is 0 Å². The second-order valence-electron chi connectivity index (χ2n) is 2.46. The number of rotatable bonds is 6. The van der Waals surface area contributed by atoms with E-state index in [1.54, 1.807) is 12.5 Å². The Morgan fingerprint density at radius 1 is 0.923 bits per heavy atom. The predicted octanol–water partition coefficient (Wildman–Crippen LogP) is 2.80. The summed E-state index contributed by atoms with van der Waals surface area (Å²) in [4.78, 5) is 0. The molecule has 0 radical (unpaired) electrons. The summed E-state index contributed by atoms with van der Waals surface area (Å²) in [5.41, 5.74) is 0. The highest BCUT2D eigenvalue weighted by Crippen LogP contribution is 1.99. The Hall–Kier alpha value is -1.12. The standard InChI is InChI=1S/C10H18O3/c1-5-12-9(3)7-11-8-10(4)13-6-2/h7-8H,5-6H2,1-4H3. The summed E-state index contributed by atoms with van der Waals surface area (Å²) >= 11 is 0. The van der Waals surface area contributed by atoms with Gasteiger partial charge in [-0.1, -0.05) is 0 Å². The molecular formula is C10H18O3. The lowest BCUT2D eigenvalue weighted by atomic mass is 10.6. The van der Waals surface area contributed by atoms with Gasteiger partial charge in [0.1, 0.15) is 24.0 Å². The van der Waals surface area contributed by atoms with Gasteiger partial charge in [0, 0.05) is 0 Å². The fourth-order valence-electron chi connectivity index (χ4n) is 0.749. The van der Waals surface area contributed by atoms with Gasteiger partial charge in [0.2, 0.25) is 0 Å². The highest BCUT2D eigenvalue weighted by atomic mass is 16.5. The van der Waals surface area contributed by atoms with E-state index in [1.807, 2.05) is 27.7 Å². The van der Waals surface area contributed by atoms with E-state index < -0.39 is 0 Å². The summed E-state index contributed by atoms with van der Waals surface area (Å²) < 4.78 is 15.4. The first-order valence-electron chi connectivity index (χ1n) is 4.45. The molecule has 0 atom stereocenters. The summed E-state index contributed by atoms with van der Waals surface area (Å²) in [7, 11) is 0. The van der Waals surface area contributed by atoms with Crippen LogP contribution in [0.2, 0.25) is 0 Å². The molecule has 76 valence electrons. The monoisotopic (exact) mass is 186 g/mol. The highest BCUT2D eigenvalue weighted by Gasteiger charge is 1.88. The Morgan fingerprint density at radius 3 is 1.62 bits per heavy atom. The first-order chi connectivity index (χ1) is 6.20. The van der Waals surface area contributed by atoms with Gasteiger partial charge in [-0.15, -0.1) is 0 Å². The van der Waals surface area contributed by atoms with E-state index in [4.69, 9.17) is 14.2 Å². The molecule has 0 saturated carbocycles. The summed E-state index contributed by atoms with van der Waals surface area (Å²) in [6.45, 7) is 8.84. The Labute approximate surface area is 80.0 Å². The maximum atomic E-state index is 5.15. The van der Waals surface area contributed by atoms with Crippen molar-refractivity contribution < 1.29 is 14.2 Å². The minimum absolute atomic E-state index is 0.653. The van der Waals surface area contributed by atoms with Crippen molar-refractivity contribution in [2.75, 3.05) is 13.2 Å². The molecule has 0 heterocycles. The van der Waals surface area contributed by atoms with E-state index in [0.717, 1.165) is 11.5 Å². The summed E-state index contributed by atoms with van der Waals surface area (Å²) in [5, 5.41) is 0. The molecule has 0 rings (SSSR count). The topological polar surface area (TPSA) is 27.7 Å². The van der Waals surface area contributed by atoms with Crippen LogP contribution in [0.4, 0.5) is 0 Å². The van der Waals surface area contributed by atoms with Gasteiger partial charge >= 0.3 is 0 Å². The molecule has 0 aliphatic rings. The van der Waals surface area contributed by atoms with Crippen molar-refractivity contribution >= 4 is 0 Å². The third kappa shape index (κ3) is 7.25. The Kier molecular flexibility index (Phi) is 6.88. The van der Waals surface area contributed by atoms with Gasteiger partial charge in [0.15, 0.2) is 0 Å². The third-order valence-electron chi connectivity index (χ3n) is 1.21. The van der Waals surface area contributed by atoms with Crippen LogP contribution in [-0.4, -0.2) is 13.2 Å². The van der Waals surface area contributed by atoms with Crippen LogP contribution < -0.4 is 0 Å². The molecule has 0 unspecified atom stereocenters. The van der Waals surface area contributed by atoms with Crippen molar-refractivity contribution in [3.05, 3.63) is 24.0 Å². The number of hydrogen-bond donors (Lipinski definition) is 0. The Bertz CT molecular complexity index is 163. The SMILES string of the molecule is CCOC(C)=COC=C(C)OCC. The summed E-state index contributed by atoms with van der Waals surface area (Å²) in [6, 6.07) is 0. The molecule has 0 amide bonds. The van der Waals surface area contributed by atoms with Crippen LogP contribution in [0.1, 0.15) is 27.7 Å². The van der Waals surface area contributed by atoms with Crippen molar-refractivity contribution in [1.82, 2.24) is 0 Å². The molecule has 0 aromatic rings. The van der Waals surface area contributed by atoms with Gasteiger partial charge < -0.3 is 14.2 Å². The molecule has 0 aliphatic heterocycles. The second kappa shape index (κ2) is 7.53. The fourth-order valence-corrected chi connectivity index (χ4v) is 0.749. The molecule has 0 aromatic carbocycles. The van der Waals surface area contributed by atoms with Crippen molar-refractivity contribution in [2.45, 2.75) is 27.7 Å². The van der Waals surface area contributed by atoms with Crippen molar-refractivity contribution in [1.29, 1.82) is 0 Å². The van der Waals surface area contributed by atoms with Crippen molar-refractivity contribution in [3.63, 3.8) is 0 Å². The van der Waals surface area contributed by atoms with Crippen molar-refractivity contribution in [2.24, 2.45) is 0 Å². The zero-order valence-electron chi connectivity index (χ0n) is 8.79. The van der Waals surface area contributed by atoms with Gasteiger partial charge in [0.05, 0.1) is 13.2 Å². The van der Waals surface area contributed by atoms with Crippen LogP contribution in [0.3, 0.4) is 0 Å². The minimum atomic E-state index is 0.653. The van der Waals surface area contributed by atoms with Gasteiger partial charge in [-0.05, 0) is 27.7 Å². The lowest BCUT2D eigenvalue weighted by Crippen LogP contribution is -1.89. The summed E-state index contributed by atoms with van der Waals surface area (Å²) in [6.07, 6.45) is 3.10. The fraction of sp³-hybridized carbons (Fsp3) is 0.600. The average Bonchev–Trinajstić information content (AvgIpc) is 2.05. The molecular weight excluding hydrogens is 168 g/mol. The number of hydrogen-bond acceptors (Lipinski definition) is 3. The normalized spacial score (nSPS) is 12.6. The number of allylic oxidation sites excluding steroid dienone is 2. The first kappa shape index (κ1) is 11.9. The second-order valence-corrected chi connectivity index (χ2v) is 2.46. The molecule has 3 nitrogen and oxygen atoms in total. The molecule has 13 heavy (non-hydrogen) atoms. The quantitative estimate of drug-likeness (QED) is 0.597. The molecule has 0 spiro atoms. The molecule has 0 bridgehead atoms. The van der Waals surface area contributed by atoms with E-state index in [1.165, 1.54) is 0 Å². The first-order valence-corrected chi connectivity index (χ1v) is 4.45. The van der Waals surface area contributed by atoms with E-state index in [2.05, 4.69) is 0 Å². The maximum Gasteiger partial charge on any atom is 0.128 e. The van der Waals surface area contributed by atoms with Crippen LogP contribution in [0.15, 0.2) is 24.0 Å². The van der Waals surface area contributed by atoms with E-state index in [9.17, 15) is 0 Å². The van der Waals surface area contributed by atoms with Gasteiger partial charge in [0.25, 0.3) is 0 Å². The molecule has 0 fully saturated rings. The largest absolute Gasteiger partial charge is 0.495 e. The lowest BCUT2D eigenvalue weighted by Gasteiger charge is -2.03. The maximum absolute atomic E-state index is 5.15. The molecule has 0 saturated heterocycles. The minimum Gasteiger partial charge on any atom is -0.495 e. The predicted molar refractivity (Wildman–Crippen MR) is 51.9 cm³/mol. The molecule has 3 heteroatoms. The molecule has 0 N–H and O–H groups in total. The lowest BCUT2D eigenvalue weighted by molar-refractivity contribution is 0.199. The average molecular weight is 186 g/mol. The Morgan fingerprint density at radius 2 is 1.31 bits per heavy atom. The summed E-state index contributed by atoms with van der Waals surface area (Å²) in [5.74, 6) is 1.51. The zero-order valence-corrected chi connectivity index (χ0v) is 8.79. The third-order valence-corrected chi connectivity index (χ3v) is 1.21. The van der Waals surface area contributed by atoms with Gasteiger partial charge in [-0.3, -0.25) is 0 Å². The van der Waals surface area contributed by atoms with Gasteiger partial charge in [-0.2, -0.15) is 0 Å². The van der Waals surface area contributed by atoms with Crippen LogP contribution >= 0.6 is 0 Å². The van der Waals surface area contributed by atoms with E-state index in [-0.39, 0.29) is 0 Å².